The predicted molar refractivity (Wildman–Crippen MR) is 102 cm³/mol. The van der Waals surface area contributed by atoms with Gasteiger partial charge in [-0.3, -0.25) is 9.69 Å². The molecule has 2 amide bonds. The lowest BCUT2D eigenvalue weighted by Crippen LogP contribution is -2.45. The summed E-state index contributed by atoms with van der Waals surface area (Å²) in [6, 6.07) is 9.27. The quantitative estimate of drug-likeness (QED) is 0.877. The second-order valence-electron chi connectivity index (χ2n) is 7.22. The number of rotatable bonds is 3. The molecule has 1 aliphatic rings. The van der Waals surface area contributed by atoms with Gasteiger partial charge in [-0.05, 0) is 33.6 Å². The fourth-order valence-corrected chi connectivity index (χ4v) is 3.56. The number of anilines is 1. The standard InChI is InChI=1S/C19H23N3O3S/c1-19(2,3)25-18(24)22-11-7-10-15(22)16(23)21-17-20-14(12-26-17)13-8-5-4-6-9-13/h4-6,8-9,12,15H,7,10-11H2,1-3H3,(H,20,21,23)/t15-/m0/s1. The van der Waals surface area contributed by atoms with Crippen LogP contribution in [-0.2, 0) is 9.53 Å². The minimum Gasteiger partial charge on any atom is -0.444 e. The molecule has 1 fully saturated rings. The van der Waals surface area contributed by atoms with Crippen molar-refractivity contribution in [3.8, 4) is 11.3 Å². The molecule has 138 valence electrons. The highest BCUT2D eigenvalue weighted by Gasteiger charge is 2.36. The fraction of sp³-hybridized carbons (Fsp3) is 0.421. The number of amides is 2. The van der Waals surface area contributed by atoms with Crippen LogP contribution in [-0.4, -0.2) is 40.1 Å². The van der Waals surface area contributed by atoms with Gasteiger partial charge in [0.1, 0.15) is 11.6 Å². The van der Waals surface area contributed by atoms with E-state index in [2.05, 4.69) is 10.3 Å². The van der Waals surface area contributed by atoms with E-state index < -0.39 is 17.7 Å². The summed E-state index contributed by atoms with van der Waals surface area (Å²) < 4.78 is 5.41. The molecular weight excluding hydrogens is 350 g/mol. The second kappa shape index (κ2) is 7.45. The zero-order valence-electron chi connectivity index (χ0n) is 15.2. The molecule has 1 N–H and O–H groups in total. The summed E-state index contributed by atoms with van der Waals surface area (Å²) in [5, 5.41) is 5.28. The van der Waals surface area contributed by atoms with E-state index in [4.69, 9.17) is 4.74 Å². The summed E-state index contributed by atoms with van der Waals surface area (Å²) in [6.07, 6.45) is 0.964. The van der Waals surface area contributed by atoms with Crippen molar-refractivity contribution >= 4 is 28.5 Å². The molecule has 1 aromatic carbocycles. The maximum Gasteiger partial charge on any atom is 0.410 e. The Morgan fingerprint density at radius 3 is 2.69 bits per heavy atom. The van der Waals surface area contributed by atoms with Gasteiger partial charge < -0.3 is 10.1 Å². The average Bonchev–Trinajstić information content (AvgIpc) is 3.23. The molecule has 2 heterocycles. The molecule has 1 atom stereocenters. The first-order valence-corrected chi connectivity index (χ1v) is 9.53. The van der Waals surface area contributed by atoms with Crippen molar-refractivity contribution in [3.05, 3.63) is 35.7 Å². The van der Waals surface area contributed by atoms with Crippen molar-refractivity contribution in [2.75, 3.05) is 11.9 Å². The molecule has 0 radical (unpaired) electrons. The third-order valence-electron chi connectivity index (χ3n) is 3.99. The van der Waals surface area contributed by atoms with Crippen LogP contribution in [0.2, 0.25) is 0 Å². The van der Waals surface area contributed by atoms with E-state index in [1.165, 1.54) is 16.2 Å². The Balaban J connectivity index is 1.66. The minimum absolute atomic E-state index is 0.220. The Morgan fingerprint density at radius 1 is 1.27 bits per heavy atom. The van der Waals surface area contributed by atoms with E-state index in [1.54, 1.807) is 0 Å². The van der Waals surface area contributed by atoms with Gasteiger partial charge in [0.05, 0.1) is 5.69 Å². The molecule has 0 saturated carbocycles. The Hall–Kier alpha value is -2.41. The first kappa shape index (κ1) is 18.4. The zero-order chi connectivity index (χ0) is 18.7. The van der Waals surface area contributed by atoms with Gasteiger partial charge in [-0.15, -0.1) is 11.3 Å². The number of likely N-dealkylation sites (tertiary alicyclic amines) is 1. The number of hydrogen-bond acceptors (Lipinski definition) is 5. The molecule has 0 aliphatic carbocycles. The molecule has 7 heteroatoms. The van der Waals surface area contributed by atoms with E-state index in [-0.39, 0.29) is 5.91 Å². The lowest BCUT2D eigenvalue weighted by molar-refractivity contribution is -0.120. The average molecular weight is 373 g/mol. The van der Waals surface area contributed by atoms with Gasteiger partial charge in [0.2, 0.25) is 5.91 Å². The second-order valence-corrected chi connectivity index (χ2v) is 8.08. The van der Waals surface area contributed by atoms with Gasteiger partial charge in [0, 0.05) is 17.5 Å². The Morgan fingerprint density at radius 2 is 2.00 bits per heavy atom. The molecule has 3 rings (SSSR count). The summed E-state index contributed by atoms with van der Waals surface area (Å²) in [4.78, 5) is 31.0. The molecule has 0 spiro atoms. The van der Waals surface area contributed by atoms with Crippen LogP contribution < -0.4 is 5.32 Å². The third kappa shape index (κ3) is 4.40. The van der Waals surface area contributed by atoms with Crippen molar-refractivity contribution in [3.63, 3.8) is 0 Å². The molecule has 0 unspecified atom stereocenters. The SMILES string of the molecule is CC(C)(C)OC(=O)N1CCC[C@H]1C(=O)Nc1nc(-c2ccccc2)cs1. The van der Waals surface area contributed by atoms with Gasteiger partial charge in [0.25, 0.3) is 0 Å². The minimum atomic E-state index is -0.583. The number of ether oxygens (including phenoxy) is 1. The Bertz CT molecular complexity index is 783. The van der Waals surface area contributed by atoms with Gasteiger partial charge in [-0.2, -0.15) is 0 Å². The van der Waals surface area contributed by atoms with Gasteiger partial charge in [-0.1, -0.05) is 30.3 Å². The highest BCUT2D eigenvalue weighted by Crippen LogP contribution is 2.26. The van der Waals surface area contributed by atoms with Crippen LogP contribution >= 0.6 is 11.3 Å². The molecular formula is C19H23N3O3S. The van der Waals surface area contributed by atoms with E-state index in [0.29, 0.717) is 18.1 Å². The molecule has 0 bridgehead atoms. The Kier molecular flexibility index (Phi) is 5.27. The van der Waals surface area contributed by atoms with Gasteiger partial charge in [-0.25, -0.2) is 9.78 Å². The third-order valence-corrected chi connectivity index (χ3v) is 4.75. The maximum absolute atomic E-state index is 12.6. The van der Waals surface area contributed by atoms with Crippen LogP contribution in [0.1, 0.15) is 33.6 Å². The molecule has 6 nitrogen and oxygen atoms in total. The van der Waals surface area contributed by atoms with E-state index in [9.17, 15) is 9.59 Å². The number of nitrogens with zero attached hydrogens (tertiary/aromatic N) is 2. The van der Waals surface area contributed by atoms with E-state index >= 15 is 0 Å². The summed E-state index contributed by atoms with van der Waals surface area (Å²) in [7, 11) is 0. The summed E-state index contributed by atoms with van der Waals surface area (Å²) in [5.74, 6) is -0.220. The topological polar surface area (TPSA) is 71.5 Å². The zero-order valence-corrected chi connectivity index (χ0v) is 16.0. The number of thiazole rings is 1. The van der Waals surface area contributed by atoms with Crippen LogP contribution in [0, 0.1) is 0 Å². The number of nitrogens with one attached hydrogen (secondary N) is 1. The van der Waals surface area contributed by atoms with Crippen molar-refractivity contribution in [2.24, 2.45) is 0 Å². The summed E-state index contributed by atoms with van der Waals surface area (Å²) in [5.41, 5.74) is 1.24. The number of carbonyl (C=O) groups excluding carboxylic acids is 2. The van der Waals surface area contributed by atoms with Crippen molar-refractivity contribution in [2.45, 2.75) is 45.3 Å². The molecule has 2 aromatic rings. The Labute approximate surface area is 157 Å². The predicted octanol–water partition coefficient (Wildman–Crippen LogP) is 4.15. The molecule has 26 heavy (non-hydrogen) atoms. The number of aromatic nitrogens is 1. The van der Waals surface area contributed by atoms with E-state index in [1.807, 2.05) is 56.5 Å². The first-order chi connectivity index (χ1) is 12.3. The smallest absolute Gasteiger partial charge is 0.410 e. The number of benzene rings is 1. The van der Waals surface area contributed by atoms with Crippen molar-refractivity contribution < 1.29 is 14.3 Å². The molecule has 1 aliphatic heterocycles. The summed E-state index contributed by atoms with van der Waals surface area (Å²) >= 11 is 1.37. The van der Waals surface area contributed by atoms with Crippen LogP contribution in [0.25, 0.3) is 11.3 Å². The largest absolute Gasteiger partial charge is 0.444 e. The maximum atomic E-state index is 12.6. The first-order valence-electron chi connectivity index (χ1n) is 8.65. The van der Waals surface area contributed by atoms with Crippen LogP contribution in [0.4, 0.5) is 9.93 Å². The number of hydrogen-bond donors (Lipinski definition) is 1. The van der Waals surface area contributed by atoms with Crippen molar-refractivity contribution in [1.29, 1.82) is 0 Å². The highest BCUT2D eigenvalue weighted by molar-refractivity contribution is 7.14. The van der Waals surface area contributed by atoms with Crippen LogP contribution in [0.5, 0.6) is 0 Å². The van der Waals surface area contributed by atoms with Crippen molar-refractivity contribution in [1.82, 2.24) is 9.88 Å². The molecule has 1 aromatic heterocycles. The highest BCUT2D eigenvalue weighted by atomic mass is 32.1. The normalized spacial score (nSPS) is 17.2. The number of carbonyl (C=O) groups is 2. The monoisotopic (exact) mass is 373 g/mol. The van der Waals surface area contributed by atoms with Crippen LogP contribution in [0.15, 0.2) is 35.7 Å². The lowest BCUT2D eigenvalue weighted by Gasteiger charge is -2.27. The lowest BCUT2D eigenvalue weighted by atomic mass is 10.2. The van der Waals surface area contributed by atoms with Crippen LogP contribution in [0.3, 0.4) is 0 Å². The van der Waals surface area contributed by atoms with E-state index in [0.717, 1.165) is 17.7 Å². The fourth-order valence-electron chi connectivity index (χ4n) is 2.84. The summed E-state index contributed by atoms with van der Waals surface area (Å²) in [6.45, 7) is 5.98. The van der Waals surface area contributed by atoms with Gasteiger partial charge >= 0.3 is 6.09 Å². The molecule has 1 saturated heterocycles. The van der Waals surface area contributed by atoms with Gasteiger partial charge in [0.15, 0.2) is 5.13 Å².